The van der Waals surface area contributed by atoms with Gasteiger partial charge < -0.3 is 5.32 Å². The summed E-state index contributed by atoms with van der Waals surface area (Å²) in [5.41, 5.74) is 0.750. The highest BCUT2D eigenvalue weighted by Gasteiger charge is 2.34. The van der Waals surface area contributed by atoms with Crippen molar-refractivity contribution in [2.45, 2.75) is 17.9 Å². The van der Waals surface area contributed by atoms with Gasteiger partial charge >= 0.3 is 0 Å². The van der Waals surface area contributed by atoms with Crippen molar-refractivity contribution in [1.29, 1.82) is 0 Å². The van der Waals surface area contributed by atoms with E-state index in [1.165, 1.54) is 16.4 Å². The van der Waals surface area contributed by atoms with Crippen LogP contribution in [-0.4, -0.2) is 55.8 Å². The maximum Gasteiger partial charge on any atom is 0.243 e. The molecule has 3 rings (SSSR count). The van der Waals surface area contributed by atoms with Gasteiger partial charge in [-0.3, -0.25) is 9.69 Å². The van der Waals surface area contributed by atoms with Crippen LogP contribution in [0.1, 0.15) is 6.92 Å². The normalized spacial score (nSPS) is 19.0. The summed E-state index contributed by atoms with van der Waals surface area (Å²) in [5, 5.41) is 3.35. The highest BCUT2D eigenvalue weighted by atomic mass is 35.5. The number of benzene rings is 2. The van der Waals surface area contributed by atoms with Crippen molar-refractivity contribution in [1.82, 2.24) is 9.21 Å². The van der Waals surface area contributed by atoms with Gasteiger partial charge in [0.25, 0.3) is 0 Å². The van der Waals surface area contributed by atoms with Crippen LogP contribution < -0.4 is 5.32 Å². The smallest absolute Gasteiger partial charge is 0.243 e. The monoisotopic (exact) mass is 407 g/mol. The zero-order valence-electron chi connectivity index (χ0n) is 15.0. The number of carbonyl (C=O) groups is 1. The van der Waals surface area contributed by atoms with Gasteiger partial charge in [-0.1, -0.05) is 29.8 Å². The van der Waals surface area contributed by atoms with Gasteiger partial charge in [-0.15, -0.1) is 0 Å². The maximum atomic E-state index is 12.9. The molecule has 1 atom stereocenters. The molecule has 2 aromatic rings. The van der Waals surface area contributed by atoms with Crippen molar-refractivity contribution < 1.29 is 13.2 Å². The van der Waals surface area contributed by atoms with Gasteiger partial charge in [0.2, 0.25) is 15.9 Å². The molecule has 0 aliphatic carbocycles. The first kappa shape index (κ1) is 19.8. The van der Waals surface area contributed by atoms with Crippen molar-refractivity contribution in [2.75, 3.05) is 31.5 Å². The summed E-state index contributed by atoms with van der Waals surface area (Å²) < 4.78 is 27.2. The predicted molar refractivity (Wildman–Crippen MR) is 106 cm³/mol. The van der Waals surface area contributed by atoms with Crippen LogP contribution in [0.25, 0.3) is 0 Å². The SMILES string of the molecule is C[C@@H]1CN(CC(=O)Nc2ccccc2)CCN1S(=O)(=O)c1ccc(Cl)cc1. The van der Waals surface area contributed by atoms with Crippen LogP contribution in [0.3, 0.4) is 0 Å². The number of nitrogens with zero attached hydrogens (tertiary/aromatic N) is 2. The topological polar surface area (TPSA) is 69.7 Å². The zero-order chi connectivity index (χ0) is 19.4. The lowest BCUT2D eigenvalue weighted by molar-refractivity contribution is -0.117. The van der Waals surface area contributed by atoms with E-state index in [0.29, 0.717) is 24.7 Å². The van der Waals surface area contributed by atoms with Gasteiger partial charge in [0.05, 0.1) is 11.4 Å². The molecule has 1 heterocycles. The highest BCUT2D eigenvalue weighted by molar-refractivity contribution is 7.89. The van der Waals surface area contributed by atoms with Gasteiger partial charge in [0.15, 0.2) is 0 Å². The Bertz CT molecular complexity index is 888. The second-order valence-electron chi connectivity index (χ2n) is 6.57. The third-order valence-electron chi connectivity index (χ3n) is 4.50. The molecule has 1 saturated heterocycles. The molecule has 0 radical (unpaired) electrons. The molecule has 0 spiro atoms. The molecule has 144 valence electrons. The molecule has 27 heavy (non-hydrogen) atoms. The first-order chi connectivity index (χ1) is 12.9. The standard InChI is InChI=1S/C19H22ClN3O3S/c1-15-13-22(14-19(24)21-17-5-3-2-4-6-17)11-12-23(15)27(25,26)18-9-7-16(20)8-10-18/h2-10,15H,11-14H2,1H3,(H,21,24)/t15-/m1/s1. The largest absolute Gasteiger partial charge is 0.325 e. The Balaban J connectivity index is 1.60. The van der Waals surface area contributed by atoms with Gasteiger partial charge in [0, 0.05) is 36.4 Å². The fourth-order valence-electron chi connectivity index (χ4n) is 3.18. The van der Waals surface area contributed by atoms with Crippen LogP contribution in [0.2, 0.25) is 5.02 Å². The van der Waals surface area contributed by atoms with Gasteiger partial charge in [-0.25, -0.2) is 8.42 Å². The fraction of sp³-hybridized carbons (Fsp3) is 0.316. The number of carbonyl (C=O) groups excluding carboxylic acids is 1. The zero-order valence-corrected chi connectivity index (χ0v) is 16.6. The van der Waals surface area contributed by atoms with Crippen LogP contribution >= 0.6 is 11.6 Å². The lowest BCUT2D eigenvalue weighted by Crippen LogP contribution is -2.55. The second kappa shape index (κ2) is 8.39. The van der Waals surface area contributed by atoms with E-state index in [1.807, 2.05) is 42.2 Å². The van der Waals surface area contributed by atoms with Crippen LogP contribution in [0.5, 0.6) is 0 Å². The molecular formula is C19H22ClN3O3S. The van der Waals surface area contributed by atoms with Crippen molar-refractivity contribution >= 4 is 33.2 Å². The number of nitrogens with one attached hydrogen (secondary N) is 1. The van der Waals surface area contributed by atoms with E-state index in [4.69, 9.17) is 11.6 Å². The van der Waals surface area contributed by atoms with Crippen molar-refractivity contribution in [3.63, 3.8) is 0 Å². The van der Waals surface area contributed by atoms with E-state index in [1.54, 1.807) is 12.1 Å². The Morgan fingerprint density at radius 3 is 2.41 bits per heavy atom. The molecule has 0 unspecified atom stereocenters. The molecule has 0 saturated carbocycles. The number of amides is 1. The van der Waals surface area contributed by atoms with Crippen molar-refractivity contribution in [3.8, 4) is 0 Å². The quantitative estimate of drug-likeness (QED) is 0.827. The number of anilines is 1. The predicted octanol–water partition coefficient (Wildman–Crippen LogP) is 2.67. The van der Waals surface area contributed by atoms with Gasteiger partial charge in [-0.05, 0) is 43.3 Å². The van der Waals surface area contributed by atoms with Crippen molar-refractivity contribution in [3.05, 3.63) is 59.6 Å². The van der Waals surface area contributed by atoms with E-state index in [-0.39, 0.29) is 23.4 Å². The second-order valence-corrected chi connectivity index (χ2v) is 8.90. The van der Waals surface area contributed by atoms with E-state index in [2.05, 4.69) is 5.32 Å². The van der Waals surface area contributed by atoms with Gasteiger partial charge in [0.1, 0.15) is 0 Å². The fourth-order valence-corrected chi connectivity index (χ4v) is 4.92. The molecule has 0 aromatic heterocycles. The summed E-state index contributed by atoms with van der Waals surface area (Å²) >= 11 is 5.85. The Kier molecular flexibility index (Phi) is 6.16. The highest BCUT2D eigenvalue weighted by Crippen LogP contribution is 2.22. The summed E-state index contributed by atoms with van der Waals surface area (Å²) in [7, 11) is -3.58. The van der Waals surface area contributed by atoms with E-state index in [9.17, 15) is 13.2 Å². The molecule has 1 N–H and O–H groups in total. The number of hydrogen-bond donors (Lipinski definition) is 1. The summed E-state index contributed by atoms with van der Waals surface area (Å²) in [5.74, 6) is -0.109. The van der Waals surface area contributed by atoms with Crippen molar-refractivity contribution in [2.24, 2.45) is 0 Å². The maximum absolute atomic E-state index is 12.9. The first-order valence-electron chi connectivity index (χ1n) is 8.71. The molecule has 8 heteroatoms. The summed E-state index contributed by atoms with van der Waals surface area (Å²) in [6.07, 6.45) is 0. The van der Waals surface area contributed by atoms with Crippen LogP contribution in [0.4, 0.5) is 5.69 Å². The molecule has 1 aliphatic rings. The number of rotatable bonds is 5. The van der Waals surface area contributed by atoms with E-state index >= 15 is 0 Å². The third-order valence-corrected chi connectivity index (χ3v) is 6.78. The molecule has 6 nitrogen and oxygen atoms in total. The summed E-state index contributed by atoms with van der Waals surface area (Å²) in [6.45, 7) is 3.42. The molecular weight excluding hydrogens is 386 g/mol. The van der Waals surface area contributed by atoms with Gasteiger partial charge in [-0.2, -0.15) is 4.31 Å². The van der Waals surface area contributed by atoms with Crippen LogP contribution in [0, 0.1) is 0 Å². The number of para-hydroxylation sites is 1. The summed E-state index contributed by atoms with van der Waals surface area (Å²) in [4.78, 5) is 14.4. The minimum Gasteiger partial charge on any atom is -0.325 e. The van der Waals surface area contributed by atoms with Crippen LogP contribution in [0.15, 0.2) is 59.5 Å². The van der Waals surface area contributed by atoms with Crippen LogP contribution in [-0.2, 0) is 14.8 Å². The third kappa shape index (κ3) is 4.87. The molecule has 1 amide bonds. The number of hydrogen-bond acceptors (Lipinski definition) is 4. The Labute approximate surface area is 164 Å². The first-order valence-corrected chi connectivity index (χ1v) is 10.5. The average Bonchev–Trinajstić information content (AvgIpc) is 2.62. The number of piperazine rings is 1. The average molecular weight is 408 g/mol. The Hall–Kier alpha value is -1.93. The Morgan fingerprint density at radius 1 is 1.11 bits per heavy atom. The van der Waals surface area contributed by atoms with E-state index in [0.717, 1.165) is 5.69 Å². The lowest BCUT2D eigenvalue weighted by atomic mass is 10.2. The molecule has 1 fully saturated rings. The van der Waals surface area contributed by atoms with E-state index < -0.39 is 10.0 Å². The lowest BCUT2D eigenvalue weighted by Gasteiger charge is -2.38. The summed E-state index contributed by atoms with van der Waals surface area (Å²) in [6, 6.07) is 15.2. The minimum atomic E-state index is -3.58. The molecule has 2 aromatic carbocycles. The minimum absolute atomic E-state index is 0.109. The molecule has 0 bridgehead atoms. The number of halogens is 1. The Morgan fingerprint density at radius 2 is 1.78 bits per heavy atom. The molecule has 1 aliphatic heterocycles. The number of sulfonamides is 1.